The molecule has 2 aromatic rings. The van der Waals surface area contributed by atoms with Gasteiger partial charge in [-0.3, -0.25) is 10.2 Å². The SMILES string of the molecule is CS(=O)(=O)C1=NSC2=NC(=O)/C(=C\c3ccc(OCc4ccc5c(c4)OCO5)c(Cl)c3)C(=N)N21. The van der Waals surface area contributed by atoms with Crippen LogP contribution in [0.5, 0.6) is 17.2 Å². The summed E-state index contributed by atoms with van der Waals surface area (Å²) in [6.07, 6.45) is 2.39. The number of hydrogen-bond acceptors (Lipinski definition) is 9. The molecule has 1 N–H and O–H groups in total. The fourth-order valence-corrected chi connectivity index (χ4v) is 5.41. The normalized spacial score (nSPS) is 18.2. The third-order valence-electron chi connectivity index (χ3n) is 4.92. The number of benzene rings is 2. The van der Waals surface area contributed by atoms with Crippen molar-refractivity contribution in [1.82, 2.24) is 4.90 Å². The smallest absolute Gasteiger partial charge is 0.283 e. The van der Waals surface area contributed by atoms with Gasteiger partial charge in [-0.15, -0.1) is 0 Å². The Morgan fingerprint density at radius 3 is 2.79 bits per heavy atom. The van der Waals surface area contributed by atoms with Gasteiger partial charge in [-0.2, -0.15) is 9.39 Å². The number of amides is 1. The highest BCUT2D eigenvalue weighted by Crippen LogP contribution is 2.34. The average Bonchev–Trinajstić information content (AvgIpc) is 3.42. The number of halogens is 1. The van der Waals surface area contributed by atoms with E-state index in [-0.39, 0.29) is 35.1 Å². The molecule has 0 atom stereocenters. The van der Waals surface area contributed by atoms with Gasteiger partial charge in [0, 0.05) is 6.26 Å². The molecule has 3 aliphatic rings. The van der Waals surface area contributed by atoms with Gasteiger partial charge in [-0.1, -0.05) is 23.7 Å². The Morgan fingerprint density at radius 1 is 1.24 bits per heavy atom. The third-order valence-corrected chi connectivity index (χ3v) is 6.97. The lowest BCUT2D eigenvalue weighted by Crippen LogP contribution is -2.45. The van der Waals surface area contributed by atoms with Crippen molar-refractivity contribution < 1.29 is 27.4 Å². The van der Waals surface area contributed by atoms with Crippen molar-refractivity contribution >= 4 is 61.5 Å². The number of nitrogens with one attached hydrogen (secondary N) is 1. The zero-order valence-electron chi connectivity index (χ0n) is 17.4. The van der Waals surface area contributed by atoms with E-state index in [9.17, 15) is 13.2 Å². The molecule has 174 valence electrons. The van der Waals surface area contributed by atoms with Crippen LogP contribution in [-0.4, -0.2) is 48.4 Å². The van der Waals surface area contributed by atoms with E-state index in [1.54, 1.807) is 24.3 Å². The molecule has 2 aromatic carbocycles. The molecule has 0 radical (unpaired) electrons. The molecule has 1 amide bonds. The molecule has 0 spiro atoms. The molecule has 3 aliphatic heterocycles. The minimum atomic E-state index is -3.72. The molecular weight excluding hydrogens is 504 g/mol. The van der Waals surface area contributed by atoms with E-state index >= 15 is 0 Å². The number of sulfone groups is 1. The number of nitrogens with zero attached hydrogens (tertiary/aromatic N) is 3. The molecule has 13 heteroatoms. The molecule has 0 saturated carbocycles. The summed E-state index contributed by atoms with van der Waals surface area (Å²) < 4.78 is 44.3. The van der Waals surface area contributed by atoms with Crippen molar-refractivity contribution in [1.29, 1.82) is 5.41 Å². The number of fused-ring (bicyclic) bond motifs is 2. The number of hydrogen-bond donors (Lipinski definition) is 1. The van der Waals surface area contributed by atoms with Crippen LogP contribution in [0.25, 0.3) is 6.08 Å². The minimum absolute atomic E-state index is 0.0258. The van der Waals surface area contributed by atoms with Gasteiger partial charge in [0.2, 0.25) is 27.0 Å². The molecule has 0 saturated heterocycles. The van der Waals surface area contributed by atoms with Crippen LogP contribution in [0, 0.1) is 5.41 Å². The quantitative estimate of drug-likeness (QED) is 0.482. The summed E-state index contributed by atoms with van der Waals surface area (Å²) in [4.78, 5) is 17.4. The molecule has 0 aromatic heterocycles. The van der Waals surface area contributed by atoms with Crippen molar-refractivity contribution in [2.45, 2.75) is 6.61 Å². The van der Waals surface area contributed by atoms with Crippen molar-refractivity contribution in [3.05, 3.63) is 58.1 Å². The molecule has 34 heavy (non-hydrogen) atoms. The maximum atomic E-state index is 12.5. The molecule has 0 aliphatic carbocycles. The highest BCUT2D eigenvalue weighted by Gasteiger charge is 2.41. The Kier molecular flexibility index (Phi) is 5.58. The second-order valence-corrected chi connectivity index (χ2v) is 10.4. The van der Waals surface area contributed by atoms with Crippen LogP contribution < -0.4 is 14.2 Å². The molecule has 0 fully saturated rings. The summed E-state index contributed by atoms with van der Waals surface area (Å²) in [6.45, 7) is 0.436. The highest BCUT2D eigenvalue weighted by molar-refractivity contribution is 8.16. The van der Waals surface area contributed by atoms with Gasteiger partial charge in [0.15, 0.2) is 11.5 Å². The standard InChI is InChI=1S/C21H15ClN4O6S2/c1-34(28,29)21-25-33-20-24-19(27)13(18(23)26(20)21)6-11-2-4-15(14(22)7-11)30-9-12-3-5-16-17(8-12)32-10-31-16/h2-8,23H,9-10H2,1H3/b13-6-,23-18?. The monoisotopic (exact) mass is 518 g/mol. The van der Waals surface area contributed by atoms with E-state index in [1.165, 1.54) is 6.08 Å². The minimum Gasteiger partial charge on any atom is -0.487 e. The van der Waals surface area contributed by atoms with Gasteiger partial charge in [-0.05, 0) is 41.5 Å². The predicted octanol–water partition coefficient (Wildman–Crippen LogP) is 3.27. The largest absolute Gasteiger partial charge is 0.487 e. The number of amidine groups is 3. The second kappa shape index (κ2) is 8.46. The summed E-state index contributed by atoms with van der Waals surface area (Å²) in [6, 6.07) is 10.4. The van der Waals surface area contributed by atoms with Crippen LogP contribution in [0.15, 0.2) is 51.4 Å². The first-order chi connectivity index (χ1) is 16.2. The van der Waals surface area contributed by atoms with Gasteiger partial charge in [-0.25, -0.2) is 13.3 Å². The van der Waals surface area contributed by atoms with E-state index in [2.05, 4.69) is 9.39 Å². The summed E-state index contributed by atoms with van der Waals surface area (Å²) in [5.41, 5.74) is 1.29. The van der Waals surface area contributed by atoms with Crippen LogP contribution in [0.4, 0.5) is 0 Å². The van der Waals surface area contributed by atoms with Crippen LogP contribution in [-0.2, 0) is 21.2 Å². The summed E-state index contributed by atoms with van der Waals surface area (Å²) in [7, 11) is -3.72. The maximum absolute atomic E-state index is 12.5. The lowest BCUT2D eigenvalue weighted by Gasteiger charge is -2.23. The van der Waals surface area contributed by atoms with Gasteiger partial charge < -0.3 is 14.2 Å². The molecule has 0 unspecified atom stereocenters. The van der Waals surface area contributed by atoms with Crippen molar-refractivity contribution in [2.24, 2.45) is 9.39 Å². The lowest BCUT2D eigenvalue weighted by molar-refractivity contribution is -0.114. The molecular formula is C21H15ClN4O6S2. The Balaban J connectivity index is 1.35. The predicted molar refractivity (Wildman–Crippen MR) is 128 cm³/mol. The first-order valence-electron chi connectivity index (χ1n) is 9.70. The van der Waals surface area contributed by atoms with Crippen LogP contribution >= 0.6 is 23.5 Å². The zero-order chi connectivity index (χ0) is 24.0. The molecule has 5 rings (SSSR count). The summed E-state index contributed by atoms with van der Waals surface area (Å²) in [5.74, 6) is 0.756. The van der Waals surface area contributed by atoms with E-state index in [1.807, 2.05) is 12.1 Å². The Hall–Kier alpha value is -3.35. The fraction of sp³-hybridized carbons (Fsp3) is 0.143. The lowest BCUT2D eigenvalue weighted by atomic mass is 10.1. The highest BCUT2D eigenvalue weighted by atomic mass is 35.5. The number of carbonyl (C=O) groups excluding carboxylic acids is 1. The van der Waals surface area contributed by atoms with Gasteiger partial charge >= 0.3 is 0 Å². The Bertz CT molecular complexity index is 1450. The summed E-state index contributed by atoms with van der Waals surface area (Å²) >= 11 is 7.11. The zero-order valence-corrected chi connectivity index (χ0v) is 19.8. The third kappa shape index (κ3) is 4.15. The van der Waals surface area contributed by atoms with Gasteiger partial charge in [0.05, 0.1) is 22.5 Å². The Labute approximate surface area is 203 Å². The fourth-order valence-electron chi connectivity index (χ4n) is 3.32. The first-order valence-corrected chi connectivity index (χ1v) is 12.7. The van der Waals surface area contributed by atoms with E-state index in [0.29, 0.717) is 27.8 Å². The molecule has 0 bridgehead atoms. The van der Waals surface area contributed by atoms with E-state index in [4.69, 9.17) is 31.2 Å². The van der Waals surface area contributed by atoms with Crippen molar-refractivity contribution in [2.75, 3.05) is 13.0 Å². The van der Waals surface area contributed by atoms with Crippen LogP contribution in [0.3, 0.4) is 0 Å². The van der Waals surface area contributed by atoms with Crippen LogP contribution in [0.1, 0.15) is 11.1 Å². The second-order valence-electron chi connectivity index (χ2n) is 7.35. The van der Waals surface area contributed by atoms with E-state index < -0.39 is 15.7 Å². The maximum Gasteiger partial charge on any atom is 0.283 e. The van der Waals surface area contributed by atoms with Crippen molar-refractivity contribution in [3.63, 3.8) is 0 Å². The Morgan fingerprint density at radius 2 is 2.03 bits per heavy atom. The number of carbonyl (C=O) groups is 1. The number of ether oxygens (including phenoxy) is 3. The molecule has 10 nitrogen and oxygen atoms in total. The number of rotatable bonds is 4. The average molecular weight is 519 g/mol. The van der Waals surface area contributed by atoms with Crippen molar-refractivity contribution in [3.8, 4) is 17.2 Å². The molecule has 3 heterocycles. The van der Waals surface area contributed by atoms with E-state index in [0.717, 1.165) is 28.7 Å². The van der Waals surface area contributed by atoms with Gasteiger partial charge in [0.1, 0.15) is 18.2 Å². The number of aliphatic imine (C=N–C) groups is 1. The first kappa shape index (κ1) is 22.4. The topological polar surface area (TPSA) is 131 Å². The summed E-state index contributed by atoms with van der Waals surface area (Å²) in [5, 5.41) is 8.37. The van der Waals surface area contributed by atoms with Crippen LogP contribution in [0.2, 0.25) is 5.02 Å². The van der Waals surface area contributed by atoms with Gasteiger partial charge in [0.25, 0.3) is 5.91 Å².